The Balaban J connectivity index is 0.846. The maximum atomic E-state index is 14.4. The van der Waals surface area contributed by atoms with Crippen molar-refractivity contribution in [3.05, 3.63) is 75.9 Å². The summed E-state index contributed by atoms with van der Waals surface area (Å²) in [6, 6.07) is 16.1. The van der Waals surface area contributed by atoms with Crippen LogP contribution in [0.5, 0.6) is 11.5 Å². The molecule has 7 rings (SSSR count). The van der Waals surface area contributed by atoms with Crippen LogP contribution in [0.2, 0.25) is 10.0 Å². The van der Waals surface area contributed by atoms with Gasteiger partial charge in [0.1, 0.15) is 18.1 Å². The SMILES string of the molecule is COc1cc2c(cc1-c1cccc(NC(=O)CCOCCOCCOCCNC(=O)CN3CCN(CC(=O)O)CCN(CC(=O)O)CCN(CC(=O)O)CC3)c1)-c1c(c(C(=O)N3CCOCC3(C)C)nn1-c1cc(Cl)cc(Cl)c1)CO2. The van der Waals surface area contributed by atoms with Gasteiger partial charge in [0.25, 0.3) is 5.91 Å². The number of morpholine rings is 1. The van der Waals surface area contributed by atoms with Gasteiger partial charge in [0.15, 0.2) is 5.69 Å². The summed E-state index contributed by atoms with van der Waals surface area (Å²) in [5.74, 6) is -2.85. The van der Waals surface area contributed by atoms with Crippen LogP contribution in [0.15, 0.2) is 54.6 Å². The number of nitrogens with one attached hydrogen (secondary N) is 2. The predicted octanol–water partition coefficient (Wildman–Crippen LogP) is 3.64. The Morgan fingerprint density at radius 1 is 0.679 bits per heavy atom. The highest BCUT2D eigenvalue weighted by Crippen LogP contribution is 2.47. The first-order valence-electron chi connectivity index (χ1n) is 26.7. The lowest BCUT2D eigenvalue weighted by atomic mass is 9.95. The first kappa shape index (κ1) is 62.2. The van der Waals surface area contributed by atoms with Crippen LogP contribution in [0.25, 0.3) is 28.1 Å². The number of methoxy groups -OCH3 is 1. The van der Waals surface area contributed by atoms with E-state index in [1.54, 1.807) is 61.7 Å². The third kappa shape index (κ3) is 18.3. The number of carbonyl (C=O) groups is 6. The highest BCUT2D eigenvalue weighted by molar-refractivity contribution is 6.34. The zero-order valence-electron chi connectivity index (χ0n) is 45.8. The number of ether oxygens (including phenoxy) is 6. The van der Waals surface area contributed by atoms with E-state index in [1.807, 2.05) is 43.0 Å². The van der Waals surface area contributed by atoms with Gasteiger partial charge in [-0.3, -0.25) is 48.4 Å². The fourth-order valence-corrected chi connectivity index (χ4v) is 10.2. The minimum absolute atomic E-state index is 0.00472. The second kappa shape index (κ2) is 30.0. The molecule has 0 atom stereocenters. The molecule has 24 nitrogen and oxygen atoms in total. The first-order valence-corrected chi connectivity index (χ1v) is 27.4. The van der Waals surface area contributed by atoms with E-state index < -0.39 is 23.4 Å². The Bertz CT molecular complexity index is 2800. The number of fused-ring (bicyclic) bond motifs is 3. The molecular weight excluding hydrogens is 1100 g/mol. The maximum Gasteiger partial charge on any atom is 0.317 e. The fraction of sp³-hybridized carbons (Fsp3) is 0.509. The molecule has 440 valence electrons. The molecular formula is C55H71Cl2N9O15. The van der Waals surface area contributed by atoms with Crippen LogP contribution < -0.4 is 20.1 Å². The Hall–Kier alpha value is -6.45. The van der Waals surface area contributed by atoms with Crippen LogP contribution in [-0.4, -0.2) is 242 Å². The number of halogens is 2. The van der Waals surface area contributed by atoms with Crippen molar-refractivity contribution in [3.8, 4) is 39.6 Å². The van der Waals surface area contributed by atoms with Crippen LogP contribution >= 0.6 is 23.2 Å². The van der Waals surface area contributed by atoms with Crippen molar-refractivity contribution >= 4 is 64.5 Å². The van der Waals surface area contributed by atoms with Gasteiger partial charge in [-0.1, -0.05) is 35.3 Å². The molecule has 2 saturated heterocycles. The lowest BCUT2D eigenvalue weighted by Gasteiger charge is -2.41. The largest absolute Gasteiger partial charge is 0.496 e. The molecule has 4 aromatic rings. The Morgan fingerprint density at radius 2 is 1.25 bits per heavy atom. The summed E-state index contributed by atoms with van der Waals surface area (Å²) in [7, 11) is 1.56. The number of hydrogen-bond donors (Lipinski definition) is 5. The standard InChI is InChI=1S/C55H71Cl2N9O15/c1-55(2)36-80-20-17-65(55)54(75)52-44-35-81-46-30-45(76-3)42(29-43(46)53(44)66(60-52)41-27-38(56)26-39(57)28-41)37-5-4-6-40(25-37)59-47(67)7-18-77-21-23-79-24-22-78-19-8-58-48(68)31-61-9-11-62(32-49(69)70)13-15-64(34-51(73)74)16-14-63(12-10-61)33-50(71)72/h4-6,25-30H,7-24,31-36H2,1-3H3,(H,58,68)(H,59,67)(H,69,70)(H,71,72)(H,73,74). The third-order valence-electron chi connectivity index (χ3n) is 13.7. The average molecular weight is 1170 g/mol. The summed E-state index contributed by atoms with van der Waals surface area (Å²) >= 11 is 13.0. The molecule has 3 amide bonds. The van der Waals surface area contributed by atoms with Crippen molar-refractivity contribution in [2.24, 2.45) is 0 Å². The molecule has 0 radical (unpaired) electrons. The van der Waals surface area contributed by atoms with E-state index in [9.17, 15) is 44.1 Å². The fourth-order valence-electron chi connectivity index (χ4n) is 9.66. The minimum atomic E-state index is -1.04. The number of anilines is 1. The quantitative estimate of drug-likeness (QED) is 0.0593. The van der Waals surface area contributed by atoms with Gasteiger partial charge in [-0.15, -0.1) is 0 Å². The van der Waals surface area contributed by atoms with Gasteiger partial charge in [0.05, 0.1) is 109 Å². The number of carbonyl (C=O) groups excluding carboxylic acids is 3. The summed E-state index contributed by atoms with van der Waals surface area (Å²) in [5.41, 5.74) is 4.08. The molecule has 0 unspecified atom stereocenters. The van der Waals surface area contributed by atoms with Gasteiger partial charge in [0, 0.05) is 104 Å². The van der Waals surface area contributed by atoms with E-state index in [0.717, 1.165) is 5.56 Å². The second-order valence-electron chi connectivity index (χ2n) is 20.2. The predicted molar refractivity (Wildman–Crippen MR) is 299 cm³/mol. The minimum Gasteiger partial charge on any atom is -0.496 e. The highest BCUT2D eigenvalue weighted by Gasteiger charge is 2.39. The van der Waals surface area contributed by atoms with Gasteiger partial charge in [-0.05, 0) is 55.8 Å². The van der Waals surface area contributed by atoms with Crippen LogP contribution in [0.3, 0.4) is 0 Å². The zero-order valence-corrected chi connectivity index (χ0v) is 47.3. The molecule has 26 heteroatoms. The Kier molecular flexibility index (Phi) is 23.0. The summed E-state index contributed by atoms with van der Waals surface area (Å²) < 4.78 is 36.5. The van der Waals surface area contributed by atoms with Crippen LogP contribution in [-0.2, 0) is 49.5 Å². The van der Waals surface area contributed by atoms with Crippen molar-refractivity contribution in [2.75, 3.05) is 157 Å². The van der Waals surface area contributed by atoms with Crippen molar-refractivity contribution in [1.82, 2.24) is 39.6 Å². The number of carboxylic acids is 3. The number of amides is 3. The molecule has 5 N–H and O–H groups in total. The summed E-state index contributed by atoms with van der Waals surface area (Å²) in [5, 5.41) is 39.8. The van der Waals surface area contributed by atoms with Gasteiger partial charge in [-0.25, -0.2) is 4.68 Å². The third-order valence-corrected chi connectivity index (χ3v) is 14.2. The van der Waals surface area contributed by atoms with Gasteiger partial charge in [0.2, 0.25) is 11.8 Å². The van der Waals surface area contributed by atoms with E-state index >= 15 is 0 Å². The molecule has 0 spiro atoms. The van der Waals surface area contributed by atoms with Gasteiger partial charge >= 0.3 is 17.9 Å². The van der Waals surface area contributed by atoms with E-state index in [4.69, 9.17) is 56.7 Å². The number of hydrogen-bond acceptors (Lipinski definition) is 17. The van der Waals surface area contributed by atoms with Crippen molar-refractivity contribution in [2.45, 2.75) is 32.4 Å². The maximum absolute atomic E-state index is 14.4. The smallest absolute Gasteiger partial charge is 0.317 e. The van der Waals surface area contributed by atoms with Crippen molar-refractivity contribution in [1.29, 1.82) is 0 Å². The van der Waals surface area contributed by atoms with Crippen LogP contribution in [0.1, 0.15) is 36.3 Å². The van der Waals surface area contributed by atoms with E-state index in [2.05, 4.69) is 10.6 Å². The number of carboxylic acid groups (broad SMARTS) is 3. The zero-order chi connectivity index (χ0) is 58.1. The normalized spacial score (nSPS) is 16.5. The van der Waals surface area contributed by atoms with E-state index in [1.165, 1.54) is 0 Å². The van der Waals surface area contributed by atoms with Crippen LogP contribution in [0.4, 0.5) is 5.69 Å². The molecule has 1 aromatic heterocycles. The van der Waals surface area contributed by atoms with Gasteiger partial charge < -0.3 is 59.3 Å². The average Bonchev–Trinajstić information content (AvgIpc) is 4.09. The van der Waals surface area contributed by atoms with E-state index in [-0.39, 0.29) is 135 Å². The Labute approximate surface area is 479 Å². The number of aliphatic carboxylic acids is 3. The molecule has 81 heavy (non-hydrogen) atoms. The number of nitrogens with zero attached hydrogens (tertiary/aromatic N) is 7. The van der Waals surface area contributed by atoms with Crippen LogP contribution in [0, 0.1) is 0 Å². The monoisotopic (exact) mass is 1170 g/mol. The number of rotatable bonds is 25. The second-order valence-corrected chi connectivity index (χ2v) is 21.1. The molecule has 3 aromatic carbocycles. The summed E-state index contributed by atoms with van der Waals surface area (Å²) in [6.07, 6.45) is 0.0840. The highest BCUT2D eigenvalue weighted by atomic mass is 35.5. The topological polar surface area (TPSA) is 277 Å². The molecule has 3 aliphatic rings. The number of aromatic nitrogens is 2. The van der Waals surface area contributed by atoms with Gasteiger partial charge in [-0.2, -0.15) is 5.10 Å². The number of benzene rings is 3. The molecule has 2 fully saturated rings. The first-order chi connectivity index (χ1) is 38.9. The van der Waals surface area contributed by atoms with Crippen molar-refractivity contribution < 1.29 is 72.5 Å². The molecule has 0 bridgehead atoms. The Morgan fingerprint density at radius 3 is 1.81 bits per heavy atom. The van der Waals surface area contributed by atoms with E-state index in [0.29, 0.717) is 101 Å². The summed E-state index contributed by atoms with van der Waals surface area (Å²) in [4.78, 5) is 83.7. The summed E-state index contributed by atoms with van der Waals surface area (Å²) in [6.45, 7) is 8.40. The molecule has 0 saturated carbocycles. The molecule has 3 aliphatic heterocycles. The lowest BCUT2D eigenvalue weighted by molar-refractivity contribution is -0.140. The van der Waals surface area contributed by atoms with Crippen molar-refractivity contribution in [3.63, 3.8) is 0 Å². The molecule has 4 heterocycles. The lowest BCUT2D eigenvalue weighted by Crippen LogP contribution is -2.55. The molecule has 0 aliphatic carbocycles.